The Morgan fingerprint density at radius 1 is 1.50 bits per heavy atom. The van der Waals surface area contributed by atoms with Crippen molar-refractivity contribution in [3.05, 3.63) is 45.3 Å². The molecule has 1 unspecified atom stereocenters. The first-order chi connectivity index (χ1) is 12.3. The standard InChI is InChI=1S/C16H19N5O5/c1-9-14(21(24)25)10(2)20(19-9)11(3)16(23)18-17-8-12-6-5-7-13(26-4)15(12)22/h5-8,11,22H,1-4H3,(H,18,23). The topological polar surface area (TPSA) is 132 Å². The fourth-order valence-corrected chi connectivity index (χ4v) is 2.47. The van der Waals surface area contributed by atoms with Gasteiger partial charge >= 0.3 is 5.69 Å². The van der Waals surface area contributed by atoms with Crippen LogP contribution in [0.5, 0.6) is 11.5 Å². The fourth-order valence-electron chi connectivity index (χ4n) is 2.47. The van der Waals surface area contributed by atoms with Crippen LogP contribution in [0.15, 0.2) is 23.3 Å². The summed E-state index contributed by atoms with van der Waals surface area (Å²) in [6, 6.07) is 4.04. The van der Waals surface area contributed by atoms with Gasteiger partial charge in [0.1, 0.15) is 17.4 Å². The number of hydrogen-bond donors (Lipinski definition) is 2. The molecule has 2 rings (SSSR count). The highest BCUT2D eigenvalue weighted by Crippen LogP contribution is 2.28. The number of carbonyl (C=O) groups is 1. The van der Waals surface area contributed by atoms with Crippen molar-refractivity contribution in [1.29, 1.82) is 0 Å². The lowest BCUT2D eigenvalue weighted by molar-refractivity contribution is -0.386. The van der Waals surface area contributed by atoms with Gasteiger partial charge in [-0.05, 0) is 32.9 Å². The number of nitrogens with one attached hydrogen (secondary N) is 1. The monoisotopic (exact) mass is 361 g/mol. The van der Waals surface area contributed by atoms with Crippen molar-refractivity contribution in [2.24, 2.45) is 5.10 Å². The Bertz CT molecular complexity index is 874. The molecule has 0 aliphatic carbocycles. The van der Waals surface area contributed by atoms with E-state index in [2.05, 4.69) is 15.6 Å². The summed E-state index contributed by atoms with van der Waals surface area (Å²) in [6.07, 6.45) is 1.27. The molecule has 26 heavy (non-hydrogen) atoms. The Kier molecular flexibility index (Phi) is 5.55. The number of carbonyl (C=O) groups excluding carboxylic acids is 1. The van der Waals surface area contributed by atoms with E-state index in [-0.39, 0.29) is 28.6 Å². The van der Waals surface area contributed by atoms with Crippen molar-refractivity contribution in [2.75, 3.05) is 7.11 Å². The van der Waals surface area contributed by atoms with Crippen LogP contribution in [0.25, 0.3) is 0 Å². The molecule has 1 heterocycles. The van der Waals surface area contributed by atoms with Crippen molar-refractivity contribution in [3.8, 4) is 11.5 Å². The maximum absolute atomic E-state index is 12.2. The minimum atomic E-state index is -0.807. The molecule has 0 bridgehead atoms. The average molecular weight is 361 g/mol. The second-order valence-electron chi connectivity index (χ2n) is 5.53. The van der Waals surface area contributed by atoms with Gasteiger partial charge in [0, 0.05) is 5.56 Å². The van der Waals surface area contributed by atoms with Gasteiger partial charge in [0.2, 0.25) is 0 Å². The summed E-state index contributed by atoms with van der Waals surface area (Å²) >= 11 is 0. The number of hydrazone groups is 1. The van der Waals surface area contributed by atoms with Crippen molar-refractivity contribution >= 4 is 17.8 Å². The third kappa shape index (κ3) is 3.63. The third-order valence-corrected chi connectivity index (χ3v) is 3.84. The lowest BCUT2D eigenvalue weighted by Gasteiger charge is -2.11. The van der Waals surface area contributed by atoms with Gasteiger partial charge in [-0.15, -0.1) is 0 Å². The van der Waals surface area contributed by atoms with E-state index in [0.717, 1.165) is 0 Å². The summed E-state index contributed by atoms with van der Waals surface area (Å²) in [7, 11) is 1.42. The molecule has 2 aromatic rings. The Balaban J connectivity index is 2.13. The molecule has 138 valence electrons. The van der Waals surface area contributed by atoms with Gasteiger partial charge < -0.3 is 9.84 Å². The van der Waals surface area contributed by atoms with Gasteiger partial charge in [0.05, 0.1) is 18.2 Å². The first kappa shape index (κ1) is 18.9. The molecule has 0 aliphatic heterocycles. The predicted molar refractivity (Wildman–Crippen MR) is 93.5 cm³/mol. The van der Waals surface area contributed by atoms with Gasteiger partial charge in [-0.2, -0.15) is 10.2 Å². The van der Waals surface area contributed by atoms with Crippen LogP contribution < -0.4 is 10.2 Å². The molecule has 0 fully saturated rings. The van der Waals surface area contributed by atoms with Crippen LogP contribution in [0, 0.1) is 24.0 Å². The smallest absolute Gasteiger partial charge is 0.312 e. The number of methoxy groups -OCH3 is 1. The lowest BCUT2D eigenvalue weighted by atomic mass is 10.2. The number of nitro groups is 1. The number of aromatic nitrogens is 2. The second-order valence-corrected chi connectivity index (χ2v) is 5.53. The quantitative estimate of drug-likeness (QED) is 0.458. The number of nitrogens with zero attached hydrogens (tertiary/aromatic N) is 4. The summed E-state index contributed by atoms with van der Waals surface area (Å²) in [4.78, 5) is 22.8. The van der Waals surface area contributed by atoms with E-state index in [9.17, 15) is 20.0 Å². The van der Waals surface area contributed by atoms with Crippen LogP contribution in [-0.4, -0.2) is 39.0 Å². The van der Waals surface area contributed by atoms with E-state index in [1.165, 1.54) is 31.9 Å². The van der Waals surface area contributed by atoms with Crippen molar-refractivity contribution in [1.82, 2.24) is 15.2 Å². The third-order valence-electron chi connectivity index (χ3n) is 3.84. The highest BCUT2D eigenvalue weighted by molar-refractivity contribution is 5.87. The fraction of sp³-hybridized carbons (Fsp3) is 0.312. The van der Waals surface area contributed by atoms with Crippen molar-refractivity contribution in [2.45, 2.75) is 26.8 Å². The van der Waals surface area contributed by atoms with Crippen molar-refractivity contribution < 1.29 is 19.6 Å². The summed E-state index contributed by atoms with van der Waals surface area (Å²) in [5, 5.41) is 28.9. The molecule has 0 aliphatic rings. The molecule has 1 amide bonds. The highest BCUT2D eigenvalue weighted by Gasteiger charge is 2.26. The number of benzene rings is 1. The Labute approximate surface area is 149 Å². The molecule has 10 nitrogen and oxygen atoms in total. The van der Waals surface area contributed by atoms with Crippen LogP contribution in [0.2, 0.25) is 0 Å². The van der Waals surface area contributed by atoms with Crippen LogP contribution in [0.4, 0.5) is 5.69 Å². The molecule has 2 N–H and O–H groups in total. The van der Waals surface area contributed by atoms with Gasteiger partial charge in [0.25, 0.3) is 5.91 Å². The molecule has 0 spiro atoms. The summed E-state index contributed by atoms with van der Waals surface area (Å²) in [6.45, 7) is 4.59. The number of phenols is 1. The number of para-hydroxylation sites is 1. The maximum atomic E-state index is 12.2. The molecule has 1 aromatic carbocycles. The van der Waals surface area contributed by atoms with E-state index >= 15 is 0 Å². The zero-order valence-corrected chi connectivity index (χ0v) is 14.8. The van der Waals surface area contributed by atoms with Gasteiger partial charge in [-0.25, -0.2) is 5.43 Å². The lowest BCUT2D eigenvalue weighted by Crippen LogP contribution is -2.28. The van der Waals surface area contributed by atoms with Gasteiger partial charge in [0.15, 0.2) is 11.5 Å². The summed E-state index contributed by atoms with van der Waals surface area (Å²) in [5.41, 5.74) is 3.09. The Hall–Kier alpha value is -3.43. The average Bonchev–Trinajstić information content (AvgIpc) is 2.90. The van der Waals surface area contributed by atoms with Crippen LogP contribution in [0.3, 0.4) is 0 Å². The normalized spacial score (nSPS) is 12.2. The largest absolute Gasteiger partial charge is 0.504 e. The molecule has 1 atom stereocenters. The number of aryl methyl sites for hydroxylation is 1. The molecular formula is C16H19N5O5. The van der Waals surface area contributed by atoms with E-state index in [0.29, 0.717) is 5.56 Å². The molecule has 1 aromatic heterocycles. The van der Waals surface area contributed by atoms with E-state index in [1.54, 1.807) is 25.1 Å². The van der Waals surface area contributed by atoms with E-state index < -0.39 is 16.9 Å². The number of hydrogen-bond acceptors (Lipinski definition) is 7. The van der Waals surface area contributed by atoms with Gasteiger partial charge in [-0.1, -0.05) is 6.07 Å². The molecule has 10 heteroatoms. The SMILES string of the molecule is COc1cccc(C=NNC(=O)C(C)n2nc(C)c([N+](=O)[O-])c2C)c1O. The Morgan fingerprint density at radius 3 is 2.77 bits per heavy atom. The number of phenolic OH excluding ortho intramolecular Hbond substituents is 1. The minimum Gasteiger partial charge on any atom is -0.504 e. The number of ether oxygens (including phenoxy) is 1. The predicted octanol–water partition coefficient (Wildman–Crippen LogP) is 1.83. The number of rotatable bonds is 6. The molecular weight excluding hydrogens is 342 g/mol. The van der Waals surface area contributed by atoms with Gasteiger partial charge in [-0.3, -0.25) is 19.6 Å². The van der Waals surface area contributed by atoms with Crippen molar-refractivity contribution in [3.63, 3.8) is 0 Å². The zero-order valence-electron chi connectivity index (χ0n) is 14.8. The van der Waals surface area contributed by atoms with E-state index in [1.807, 2.05) is 0 Å². The Morgan fingerprint density at radius 2 is 2.19 bits per heavy atom. The number of amides is 1. The van der Waals surface area contributed by atoms with Crippen LogP contribution in [0.1, 0.15) is 29.9 Å². The number of aromatic hydroxyl groups is 1. The summed E-state index contributed by atoms with van der Waals surface area (Å²) in [5.74, 6) is -0.331. The second kappa shape index (κ2) is 7.64. The van der Waals surface area contributed by atoms with Crippen LogP contribution in [-0.2, 0) is 4.79 Å². The molecule has 0 saturated carbocycles. The maximum Gasteiger partial charge on any atom is 0.312 e. The van der Waals surface area contributed by atoms with Crippen LogP contribution >= 0.6 is 0 Å². The van der Waals surface area contributed by atoms with E-state index in [4.69, 9.17) is 4.74 Å². The zero-order chi connectivity index (χ0) is 19.4. The minimum absolute atomic E-state index is 0.102. The summed E-state index contributed by atoms with van der Waals surface area (Å²) < 4.78 is 6.27. The molecule has 0 saturated heterocycles. The highest BCUT2D eigenvalue weighted by atomic mass is 16.6. The first-order valence-electron chi connectivity index (χ1n) is 7.66. The molecule has 0 radical (unpaired) electrons. The first-order valence-corrected chi connectivity index (χ1v) is 7.66.